The number of aldehydes is 1. The molecule has 2 aromatic carbocycles. The van der Waals surface area contributed by atoms with Crippen LogP contribution in [0.1, 0.15) is 22.6 Å². The highest BCUT2D eigenvalue weighted by Crippen LogP contribution is 2.32. The Morgan fingerprint density at radius 3 is 2.62 bits per heavy atom. The highest BCUT2D eigenvalue weighted by atomic mass is 16.6. The summed E-state index contributed by atoms with van der Waals surface area (Å²) in [7, 11) is 0. The number of hydrogen-bond donors (Lipinski definition) is 0. The fraction of sp³-hybridized carbons (Fsp3) is 0.278. The molecule has 0 spiro atoms. The summed E-state index contributed by atoms with van der Waals surface area (Å²) in [6.45, 7) is 3.20. The van der Waals surface area contributed by atoms with Gasteiger partial charge in [-0.25, -0.2) is 0 Å². The third kappa shape index (κ3) is 2.92. The Labute approximate surface area is 124 Å². The molecule has 0 aromatic heterocycles. The van der Waals surface area contributed by atoms with E-state index in [0.717, 1.165) is 34.5 Å². The number of carbonyl (C=O) groups is 1. The first-order valence-corrected chi connectivity index (χ1v) is 7.17. The SMILES string of the molecule is Cc1ccccc1C(C=O)Cc1ccc2c(c1)OCCO2. The van der Waals surface area contributed by atoms with Crippen molar-refractivity contribution < 1.29 is 14.3 Å². The number of aryl methyl sites for hydroxylation is 1. The molecule has 3 heteroatoms. The standard InChI is InChI=1S/C18H18O3/c1-13-4-2-3-5-16(13)15(12-19)10-14-6-7-17-18(11-14)21-9-8-20-17/h2-7,11-12,15H,8-10H2,1H3. The van der Waals surface area contributed by atoms with Crippen LogP contribution in [0.25, 0.3) is 0 Å². The zero-order valence-corrected chi connectivity index (χ0v) is 12.0. The summed E-state index contributed by atoms with van der Waals surface area (Å²) in [5, 5.41) is 0. The van der Waals surface area contributed by atoms with Crippen LogP contribution in [-0.2, 0) is 11.2 Å². The van der Waals surface area contributed by atoms with Crippen molar-refractivity contribution in [3.05, 3.63) is 59.2 Å². The third-order valence-electron chi connectivity index (χ3n) is 3.81. The van der Waals surface area contributed by atoms with Crippen LogP contribution in [0.3, 0.4) is 0 Å². The van der Waals surface area contributed by atoms with Crippen molar-refractivity contribution in [1.29, 1.82) is 0 Å². The molecule has 0 bridgehead atoms. The number of rotatable bonds is 4. The Hall–Kier alpha value is -2.29. The van der Waals surface area contributed by atoms with Gasteiger partial charge in [0.25, 0.3) is 0 Å². The van der Waals surface area contributed by atoms with Crippen LogP contribution in [0.2, 0.25) is 0 Å². The molecule has 0 amide bonds. The first-order chi connectivity index (χ1) is 10.3. The predicted molar refractivity (Wildman–Crippen MR) is 81.1 cm³/mol. The fourth-order valence-electron chi connectivity index (χ4n) is 2.70. The Morgan fingerprint density at radius 1 is 1.10 bits per heavy atom. The first-order valence-electron chi connectivity index (χ1n) is 7.17. The molecular weight excluding hydrogens is 264 g/mol. The van der Waals surface area contributed by atoms with Gasteiger partial charge in [0.2, 0.25) is 0 Å². The number of benzene rings is 2. The lowest BCUT2D eigenvalue weighted by Crippen LogP contribution is -2.15. The second-order valence-corrected chi connectivity index (χ2v) is 5.28. The van der Waals surface area contributed by atoms with E-state index in [1.807, 2.05) is 49.4 Å². The van der Waals surface area contributed by atoms with Crippen molar-refractivity contribution in [2.45, 2.75) is 19.3 Å². The highest BCUT2D eigenvalue weighted by Gasteiger charge is 2.16. The third-order valence-corrected chi connectivity index (χ3v) is 3.81. The second-order valence-electron chi connectivity index (χ2n) is 5.28. The first kappa shape index (κ1) is 13.7. The maximum atomic E-state index is 11.5. The van der Waals surface area contributed by atoms with Gasteiger partial charge in [0.15, 0.2) is 11.5 Å². The van der Waals surface area contributed by atoms with Gasteiger partial charge in [0, 0.05) is 5.92 Å². The maximum absolute atomic E-state index is 11.5. The van der Waals surface area contributed by atoms with Crippen LogP contribution >= 0.6 is 0 Å². The summed E-state index contributed by atoms with van der Waals surface area (Å²) in [4.78, 5) is 11.5. The second kappa shape index (κ2) is 6.00. The van der Waals surface area contributed by atoms with Crippen LogP contribution < -0.4 is 9.47 Å². The summed E-state index contributed by atoms with van der Waals surface area (Å²) in [5.41, 5.74) is 3.31. The van der Waals surface area contributed by atoms with E-state index in [1.165, 1.54) is 0 Å². The van der Waals surface area contributed by atoms with E-state index in [-0.39, 0.29) is 5.92 Å². The molecule has 0 fully saturated rings. The van der Waals surface area contributed by atoms with E-state index < -0.39 is 0 Å². The van der Waals surface area contributed by atoms with E-state index in [0.29, 0.717) is 19.6 Å². The predicted octanol–water partition coefficient (Wildman–Crippen LogP) is 3.29. The molecule has 2 aromatic rings. The van der Waals surface area contributed by atoms with Gasteiger partial charge in [-0.3, -0.25) is 0 Å². The summed E-state index contributed by atoms with van der Waals surface area (Å²) < 4.78 is 11.1. The number of fused-ring (bicyclic) bond motifs is 1. The van der Waals surface area contributed by atoms with Crippen LogP contribution in [-0.4, -0.2) is 19.5 Å². The molecule has 21 heavy (non-hydrogen) atoms. The van der Waals surface area contributed by atoms with E-state index >= 15 is 0 Å². The van der Waals surface area contributed by atoms with E-state index in [2.05, 4.69) is 0 Å². The van der Waals surface area contributed by atoms with Gasteiger partial charge in [0.1, 0.15) is 19.5 Å². The average Bonchev–Trinajstić information content (AvgIpc) is 2.53. The molecule has 1 unspecified atom stereocenters. The summed E-state index contributed by atoms with van der Waals surface area (Å²) in [6.07, 6.45) is 1.70. The van der Waals surface area contributed by atoms with Gasteiger partial charge in [-0.15, -0.1) is 0 Å². The summed E-state index contributed by atoms with van der Waals surface area (Å²) in [5.74, 6) is 1.42. The van der Waals surface area contributed by atoms with Gasteiger partial charge in [-0.1, -0.05) is 30.3 Å². The molecule has 0 saturated carbocycles. The minimum atomic E-state index is -0.131. The van der Waals surface area contributed by atoms with Crippen molar-refractivity contribution in [1.82, 2.24) is 0 Å². The molecule has 0 aliphatic carbocycles. The summed E-state index contributed by atoms with van der Waals surface area (Å²) >= 11 is 0. The van der Waals surface area contributed by atoms with Crippen molar-refractivity contribution in [2.24, 2.45) is 0 Å². The molecule has 1 aliphatic heterocycles. The van der Waals surface area contributed by atoms with Gasteiger partial charge in [-0.05, 0) is 42.2 Å². The van der Waals surface area contributed by atoms with Crippen LogP contribution in [0, 0.1) is 6.92 Å². The lowest BCUT2D eigenvalue weighted by molar-refractivity contribution is -0.109. The van der Waals surface area contributed by atoms with Crippen LogP contribution in [0.4, 0.5) is 0 Å². The molecule has 0 radical (unpaired) electrons. The van der Waals surface area contributed by atoms with Gasteiger partial charge in [0.05, 0.1) is 0 Å². The number of ether oxygens (including phenoxy) is 2. The van der Waals surface area contributed by atoms with Crippen molar-refractivity contribution in [3.8, 4) is 11.5 Å². The van der Waals surface area contributed by atoms with Gasteiger partial charge in [-0.2, -0.15) is 0 Å². The van der Waals surface area contributed by atoms with Crippen LogP contribution in [0.5, 0.6) is 11.5 Å². The monoisotopic (exact) mass is 282 g/mol. The smallest absolute Gasteiger partial charge is 0.161 e. The average molecular weight is 282 g/mol. The Kier molecular flexibility index (Phi) is 3.91. The Balaban J connectivity index is 1.84. The molecule has 1 heterocycles. The molecule has 3 nitrogen and oxygen atoms in total. The topological polar surface area (TPSA) is 35.5 Å². The Bertz CT molecular complexity index is 649. The number of carbonyl (C=O) groups excluding carboxylic acids is 1. The number of hydrogen-bond acceptors (Lipinski definition) is 3. The zero-order valence-electron chi connectivity index (χ0n) is 12.0. The lowest BCUT2D eigenvalue weighted by Gasteiger charge is -2.20. The molecule has 1 aliphatic rings. The van der Waals surface area contributed by atoms with E-state index in [9.17, 15) is 4.79 Å². The quantitative estimate of drug-likeness (QED) is 0.807. The van der Waals surface area contributed by atoms with E-state index in [4.69, 9.17) is 9.47 Å². The van der Waals surface area contributed by atoms with Gasteiger partial charge >= 0.3 is 0 Å². The normalized spacial score (nSPS) is 14.5. The molecule has 3 rings (SSSR count). The van der Waals surface area contributed by atoms with Crippen molar-refractivity contribution in [2.75, 3.05) is 13.2 Å². The largest absolute Gasteiger partial charge is 0.486 e. The highest BCUT2D eigenvalue weighted by molar-refractivity contribution is 5.64. The molecule has 1 atom stereocenters. The summed E-state index contributed by atoms with van der Waals surface area (Å²) in [6, 6.07) is 13.9. The molecule has 108 valence electrons. The zero-order chi connectivity index (χ0) is 14.7. The molecule has 0 saturated heterocycles. The van der Waals surface area contributed by atoms with Crippen molar-refractivity contribution in [3.63, 3.8) is 0 Å². The lowest BCUT2D eigenvalue weighted by atomic mass is 9.90. The molecular formula is C18H18O3. The maximum Gasteiger partial charge on any atom is 0.161 e. The minimum absolute atomic E-state index is 0.131. The Morgan fingerprint density at radius 2 is 1.86 bits per heavy atom. The van der Waals surface area contributed by atoms with Gasteiger partial charge < -0.3 is 14.3 Å². The fourth-order valence-corrected chi connectivity index (χ4v) is 2.70. The molecule has 0 N–H and O–H groups in total. The van der Waals surface area contributed by atoms with E-state index in [1.54, 1.807) is 0 Å². The minimum Gasteiger partial charge on any atom is -0.486 e. The van der Waals surface area contributed by atoms with Crippen LogP contribution in [0.15, 0.2) is 42.5 Å². The van der Waals surface area contributed by atoms with Crippen molar-refractivity contribution >= 4 is 6.29 Å².